The van der Waals surface area contributed by atoms with Gasteiger partial charge in [-0.2, -0.15) is 13.2 Å². The molecule has 0 aromatic heterocycles. The van der Waals surface area contributed by atoms with E-state index in [1.54, 1.807) is 11.0 Å². The third-order valence-electron chi connectivity index (χ3n) is 7.65. The van der Waals surface area contributed by atoms with Gasteiger partial charge in [0.1, 0.15) is 29.8 Å². The molecular weight excluding hydrogens is 581 g/mol. The van der Waals surface area contributed by atoms with Crippen molar-refractivity contribution < 1.29 is 47.6 Å². The van der Waals surface area contributed by atoms with Crippen LogP contribution in [0.25, 0.3) is 0 Å². The fraction of sp³-hybridized carbons (Fsp3) is 0.517. The number of benzene rings is 2. The van der Waals surface area contributed by atoms with Crippen LogP contribution >= 0.6 is 11.6 Å². The number of halogens is 4. The first kappa shape index (κ1) is 31.9. The molecule has 0 bridgehead atoms. The Morgan fingerprint density at radius 1 is 1.19 bits per heavy atom. The Kier molecular flexibility index (Phi) is 9.92. The van der Waals surface area contributed by atoms with E-state index >= 15 is 0 Å². The van der Waals surface area contributed by atoms with Crippen LogP contribution in [0, 0.1) is 6.92 Å². The molecule has 2 atom stereocenters. The minimum atomic E-state index is -5.08. The van der Waals surface area contributed by atoms with E-state index in [1.807, 2.05) is 37.3 Å². The van der Waals surface area contributed by atoms with Gasteiger partial charge < -0.3 is 34.6 Å². The maximum Gasteiger partial charge on any atom is 0.490 e. The number of carboxylic acid groups (broad SMARTS) is 1. The number of aryl methyl sites for hydroxylation is 1. The molecule has 42 heavy (non-hydrogen) atoms. The minimum absolute atomic E-state index is 0.107. The van der Waals surface area contributed by atoms with Crippen LogP contribution in [0.3, 0.4) is 0 Å². The fourth-order valence-electron chi connectivity index (χ4n) is 5.46. The van der Waals surface area contributed by atoms with Crippen molar-refractivity contribution >= 4 is 23.5 Å². The van der Waals surface area contributed by atoms with Crippen molar-refractivity contribution in [3.8, 4) is 11.5 Å². The highest BCUT2D eigenvalue weighted by molar-refractivity contribution is 6.30. The summed E-state index contributed by atoms with van der Waals surface area (Å²) in [4.78, 5) is 25.8. The van der Waals surface area contributed by atoms with Crippen LogP contribution in [0.4, 0.5) is 13.2 Å². The molecule has 0 aliphatic carbocycles. The lowest BCUT2D eigenvalue weighted by Gasteiger charge is -2.39. The molecule has 3 N–H and O–H groups in total. The first-order valence-electron chi connectivity index (χ1n) is 13.6. The number of nitrogens with zero attached hydrogens (tertiary/aromatic N) is 2. The zero-order valence-electron chi connectivity index (χ0n) is 23.1. The van der Waals surface area contributed by atoms with E-state index in [1.165, 1.54) is 5.56 Å². The van der Waals surface area contributed by atoms with Gasteiger partial charge in [0.15, 0.2) is 0 Å². The van der Waals surface area contributed by atoms with Gasteiger partial charge in [-0.15, -0.1) is 0 Å². The average molecular weight is 615 g/mol. The highest BCUT2D eigenvalue weighted by Crippen LogP contribution is 2.42. The Morgan fingerprint density at radius 2 is 1.88 bits per heavy atom. The van der Waals surface area contributed by atoms with Gasteiger partial charge in [0.25, 0.3) is 5.91 Å². The lowest BCUT2D eigenvalue weighted by atomic mass is 9.87. The molecule has 5 rings (SSSR count). The Hall–Kier alpha value is -3.06. The number of rotatable bonds is 6. The number of alkyl halides is 3. The van der Waals surface area contributed by atoms with E-state index in [2.05, 4.69) is 4.90 Å². The van der Waals surface area contributed by atoms with Gasteiger partial charge in [-0.05, 0) is 48.7 Å². The number of aliphatic hydroxyl groups is 2. The van der Waals surface area contributed by atoms with Crippen molar-refractivity contribution in [2.24, 2.45) is 0 Å². The van der Waals surface area contributed by atoms with E-state index in [9.17, 15) is 28.2 Å². The molecule has 0 unspecified atom stereocenters. The number of ether oxygens (including phenoxy) is 2. The molecule has 2 saturated heterocycles. The molecular formula is C29H34ClF3N2O7. The SMILES string of the molecule is Cc1cccc(C(=O)N2CC[C@H](O)C2)c1OC[C@@H](O)CN1CCC2(CC1)Cc1cc(Cl)ccc1O2.O=C(O)C(F)(F)F. The highest BCUT2D eigenvalue weighted by Gasteiger charge is 2.42. The van der Waals surface area contributed by atoms with Crippen molar-refractivity contribution in [1.82, 2.24) is 9.80 Å². The van der Waals surface area contributed by atoms with E-state index in [4.69, 9.17) is 31.0 Å². The molecule has 1 spiro atoms. The molecule has 13 heteroatoms. The Labute approximate surface area is 246 Å². The molecule has 3 aliphatic heterocycles. The second-order valence-electron chi connectivity index (χ2n) is 10.9. The normalized spacial score (nSPS) is 20.4. The molecule has 2 aromatic rings. The number of piperidine rings is 1. The average Bonchev–Trinajstić information content (AvgIpc) is 3.51. The summed E-state index contributed by atoms with van der Waals surface area (Å²) in [7, 11) is 0. The summed E-state index contributed by atoms with van der Waals surface area (Å²) >= 11 is 6.15. The molecule has 230 valence electrons. The number of amides is 1. The van der Waals surface area contributed by atoms with Gasteiger partial charge in [-0.3, -0.25) is 4.79 Å². The number of hydrogen-bond acceptors (Lipinski definition) is 7. The summed E-state index contributed by atoms with van der Waals surface area (Å²) in [5.41, 5.74) is 2.32. The Morgan fingerprint density at radius 3 is 2.50 bits per heavy atom. The molecule has 0 saturated carbocycles. The summed E-state index contributed by atoms with van der Waals surface area (Å²) in [5.74, 6) is -1.46. The summed E-state index contributed by atoms with van der Waals surface area (Å²) < 4.78 is 44.1. The van der Waals surface area contributed by atoms with Crippen LogP contribution in [-0.4, -0.2) is 100 Å². The van der Waals surface area contributed by atoms with Gasteiger partial charge >= 0.3 is 12.1 Å². The van der Waals surface area contributed by atoms with Crippen molar-refractivity contribution in [2.75, 3.05) is 39.3 Å². The maximum atomic E-state index is 13.0. The lowest BCUT2D eigenvalue weighted by Crippen LogP contribution is -2.49. The van der Waals surface area contributed by atoms with Crippen LogP contribution in [0.15, 0.2) is 36.4 Å². The van der Waals surface area contributed by atoms with E-state index < -0.39 is 24.4 Å². The summed E-state index contributed by atoms with van der Waals surface area (Å²) in [6.45, 7) is 5.06. The highest BCUT2D eigenvalue weighted by atomic mass is 35.5. The van der Waals surface area contributed by atoms with Gasteiger partial charge in [0.05, 0.1) is 11.7 Å². The van der Waals surface area contributed by atoms with Gasteiger partial charge in [-0.1, -0.05) is 23.7 Å². The molecule has 3 heterocycles. The number of β-amino-alcohol motifs (C(OH)–C–C–N with tert-alkyl or cyclic N) is 2. The zero-order chi connectivity index (χ0) is 30.7. The number of carboxylic acids is 1. The number of fused-ring (bicyclic) bond motifs is 1. The van der Waals surface area contributed by atoms with Crippen molar-refractivity contribution in [3.63, 3.8) is 0 Å². The van der Waals surface area contributed by atoms with Crippen LogP contribution in [0.1, 0.15) is 40.7 Å². The molecule has 3 aliphatic rings. The Balaban J connectivity index is 0.000000517. The van der Waals surface area contributed by atoms with E-state index in [-0.39, 0.29) is 18.1 Å². The van der Waals surface area contributed by atoms with E-state index in [0.717, 1.165) is 48.7 Å². The summed E-state index contributed by atoms with van der Waals surface area (Å²) in [5, 5.41) is 28.4. The molecule has 2 fully saturated rings. The maximum absolute atomic E-state index is 13.0. The number of carbonyl (C=O) groups is 2. The van der Waals surface area contributed by atoms with E-state index in [0.29, 0.717) is 37.4 Å². The number of likely N-dealkylation sites (tertiary alicyclic amines) is 2. The molecule has 0 radical (unpaired) electrons. The zero-order valence-corrected chi connectivity index (χ0v) is 23.8. The lowest BCUT2D eigenvalue weighted by molar-refractivity contribution is -0.192. The smallest absolute Gasteiger partial charge is 0.490 e. The first-order valence-corrected chi connectivity index (χ1v) is 14.0. The van der Waals surface area contributed by atoms with Crippen molar-refractivity contribution in [1.29, 1.82) is 0 Å². The third-order valence-corrected chi connectivity index (χ3v) is 7.89. The van der Waals surface area contributed by atoms with Crippen molar-refractivity contribution in [2.45, 2.75) is 56.6 Å². The van der Waals surface area contributed by atoms with Gasteiger partial charge in [0, 0.05) is 57.0 Å². The predicted octanol–water partition coefficient (Wildman–Crippen LogP) is 3.70. The second kappa shape index (κ2) is 13.1. The quantitative estimate of drug-likeness (QED) is 0.451. The molecule has 2 aromatic carbocycles. The predicted molar refractivity (Wildman–Crippen MR) is 147 cm³/mol. The molecule has 1 amide bonds. The third kappa shape index (κ3) is 7.85. The second-order valence-corrected chi connectivity index (χ2v) is 11.4. The topological polar surface area (TPSA) is 120 Å². The van der Waals surface area contributed by atoms with Crippen LogP contribution in [-0.2, 0) is 11.2 Å². The fourth-order valence-corrected chi connectivity index (χ4v) is 5.66. The standard InChI is InChI=1S/C27H33ClN2O5.C2HF3O2/c1-18-3-2-4-23(26(33)30-10-7-21(31)16-30)25(18)34-17-22(32)15-29-11-8-27(9-12-29)14-19-13-20(28)5-6-24(19)35-27;3-2(4,5)1(6)7/h2-6,13,21-22,31-32H,7-12,14-17H2,1H3;(H,6,7)/t21-,22-;/m0./s1. The minimum Gasteiger partial charge on any atom is -0.490 e. The monoisotopic (exact) mass is 614 g/mol. The van der Waals surface area contributed by atoms with Crippen LogP contribution < -0.4 is 9.47 Å². The number of aliphatic hydroxyl groups excluding tert-OH is 2. The summed E-state index contributed by atoms with van der Waals surface area (Å²) in [6.07, 6.45) is -2.98. The van der Waals surface area contributed by atoms with Gasteiger partial charge in [0.2, 0.25) is 0 Å². The molecule has 9 nitrogen and oxygen atoms in total. The van der Waals surface area contributed by atoms with Gasteiger partial charge in [-0.25, -0.2) is 4.79 Å². The van der Waals surface area contributed by atoms with Crippen LogP contribution in [0.2, 0.25) is 5.02 Å². The number of aliphatic carboxylic acids is 1. The number of hydrogen-bond donors (Lipinski definition) is 3. The number of carbonyl (C=O) groups excluding carboxylic acids is 1. The Bertz CT molecular complexity index is 1280. The van der Waals surface area contributed by atoms with Crippen LogP contribution in [0.5, 0.6) is 11.5 Å². The largest absolute Gasteiger partial charge is 0.490 e. The number of para-hydroxylation sites is 1. The van der Waals surface area contributed by atoms with Crippen molar-refractivity contribution in [3.05, 3.63) is 58.1 Å². The first-order chi connectivity index (χ1) is 19.8. The summed E-state index contributed by atoms with van der Waals surface area (Å²) in [6, 6.07) is 11.3.